The van der Waals surface area contributed by atoms with Gasteiger partial charge in [0.25, 0.3) is 10.2 Å². The first-order chi connectivity index (χ1) is 9.37. The standard InChI is InChI=1S/C13H30N4O2S/c1-14-8-5-9-16(3)20(18,19)17(4)12-13-6-10-15(2)11-7-13/h13-14H,5-12H2,1-4H3. The van der Waals surface area contributed by atoms with E-state index in [4.69, 9.17) is 0 Å². The van der Waals surface area contributed by atoms with E-state index in [9.17, 15) is 8.42 Å². The van der Waals surface area contributed by atoms with Gasteiger partial charge in [0, 0.05) is 27.2 Å². The summed E-state index contributed by atoms with van der Waals surface area (Å²) in [4.78, 5) is 2.30. The van der Waals surface area contributed by atoms with Crippen molar-refractivity contribution in [3.8, 4) is 0 Å². The molecular weight excluding hydrogens is 276 g/mol. The van der Waals surface area contributed by atoms with Crippen LogP contribution in [0.1, 0.15) is 19.3 Å². The SMILES string of the molecule is CNCCCN(C)S(=O)(=O)N(C)CC1CCN(C)CC1. The summed E-state index contributed by atoms with van der Waals surface area (Å²) in [6, 6.07) is 0. The van der Waals surface area contributed by atoms with E-state index in [0.29, 0.717) is 19.0 Å². The van der Waals surface area contributed by atoms with E-state index in [2.05, 4.69) is 17.3 Å². The number of nitrogens with one attached hydrogen (secondary N) is 1. The Bertz CT molecular complexity index is 367. The van der Waals surface area contributed by atoms with E-state index in [-0.39, 0.29) is 0 Å². The van der Waals surface area contributed by atoms with E-state index < -0.39 is 10.2 Å². The smallest absolute Gasteiger partial charge is 0.281 e. The highest BCUT2D eigenvalue weighted by atomic mass is 32.2. The van der Waals surface area contributed by atoms with E-state index in [1.165, 1.54) is 8.61 Å². The van der Waals surface area contributed by atoms with Crippen molar-refractivity contribution in [2.24, 2.45) is 5.92 Å². The van der Waals surface area contributed by atoms with Crippen LogP contribution >= 0.6 is 0 Å². The summed E-state index contributed by atoms with van der Waals surface area (Å²) in [6.45, 7) is 4.15. The van der Waals surface area contributed by atoms with Crippen LogP contribution in [0, 0.1) is 5.92 Å². The molecule has 1 saturated heterocycles. The Morgan fingerprint density at radius 2 is 1.80 bits per heavy atom. The lowest BCUT2D eigenvalue weighted by Gasteiger charge is -2.32. The van der Waals surface area contributed by atoms with Crippen molar-refractivity contribution in [1.82, 2.24) is 18.8 Å². The number of rotatable bonds is 8. The molecule has 0 aromatic carbocycles. The molecule has 0 atom stereocenters. The molecular formula is C13H30N4O2S. The molecule has 20 heavy (non-hydrogen) atoms. The highest BCUT2D eigenvalue weighted by Gasteiger charge is 2.27. The first-order valence-electron chi connectivity index (χ1n) is 7.38. The third kappa shape index (κ3) is 5.29. The summed E-state index contributed by atoms with van der Waals surface area (Å²) >= 11 is 0. The highest BCUT2D eigenvalue weighted by Crippen LogP contribution is 2.18. The van der Waals surface area contributed by atoms with E-state index in [1.807, 2.05) is 7.05 Å². The fourth-order valence-electron chi connectivity index (χ4n) is 2.53. The Balaban J connectivity index is 2.45. The van der Waals surface area contributed by atoms with Crippen LogP contribution in [0.3, 0.4) is 0 Å². The van der Waals surface area contributed by atoms with Gasteiger partial charge in [-0.05, 0) is 58.9 Å². The van der Waals surface area contributed by atoms with Gasteiger partial charge in [-0.2, -0.15) is 17.0 Å². The van der Waals surface area contributed by atoms with Gasteiger partial charge in [-0.3, -0.25) is 0 Å². The minimum atomic E-state index is -3.31. The summed E-state index contributed by atoms with van der Waals surface area (Å²) in [5.74, 6) is 0.483. The Hall–Kier alpha value is -0.210. The molecule has 0 saturated carbocycles. The third-order valence-corrected chi connectivity index (χ3v) is 5.95. The Kier molecular flexibility index (Phi) is 7.39. The van der Waals surface area contributed by atoms with Gasteiger partial charge in [0.2, 0.25) is 0 Å². The molecule has 0 amide bonds. The lowest BCUT2D eigenvalue weighted by molar-refractivity contribution is 0.200. The van der Waals surface area contributed by atoms with Crippen LogP contribution in [-0.4, -0.2) is 82.8 Å². The second-order valence-corrected chi connectivity index (χ2v) is 7.96. The van der Waals surface area contributed by atoms with Crippen LogP contribution < -0.4 is 5.32 Å². The van der Waals surface area contributed by atoms with Gasteiger partial charge in [0.1, 0.15) is 0 Å². The van der Waals surface area contributed by atoms with E-state index in [0.717, 1.165) is 38.9 Å². The monoisotopic (exact) mass is 306 g/mol. The molecule has 0 aliphatic carbocycles. The van der Waals surface area contributed by atoms with Gasteiger partial charge in [0.15, 0.2) is 0 Å². The highest BCUT2D eigenvalue weighted by molar-refractivity contribution is 7.86. The molecule has 1 aliphatic rings. The minimum Gasteiger partial charge on any atom is -0.320 e. The van der Waals surface area contributed by atoms with E-state index in [1.54, 1.807) is 14.1 Å². The zero-order valence-corrected chi connectivity index (χ0v) is 14.1. The second kappa shape index (κ2) is 8.29. The van der Waals surface area contributed by atoms with Crippen molar-refractivity contribution in [3.05, 3.63) is 0 Å². The predicted octanol–water partition coefficient (Wildman–Crippen LogP) is 0.0461. The van der Waals surface area contributed by atoms with Gasteiger partial charge in [0.05, 0.1) is 0 Å². The fraction of sp³-hybridized carbons (Fsp3) is 1.00. The maximum absolute atomic E-state index is 12.4. The van der Waals surface area contributed by atoms with Gasteiger partial charge < -0.3 is 10.2 Å². The van der Waals surface area contributed by atoms with Crippen LogP contribution in [0.5, 0.6) is 0 Å². The van der Waals surface area contributed by atoms with Crippen molar-refractivity contribution >= 4 is 10.2 Å². The molecule has 0 spiro atoms. The van der Waals surface area contributed by atoms with Gasteiger partial charge in [-0.15, -0.1) is 0 Å². The second-order valence-electron chi connectivity index (χ2n) is 5.81. The largest absolute Gasteiger partial charge is 0.320 e. The normalized spacial score (nSPS) is 19.1. The average Bonchev–Trinajstić information content (AvgIpc) is 2.41. The Labute approximate surface area is 124 Å². The number of piperidine rings is 1. The minimum absolute atomic E-state index is 0.483. The molecule has 1 aliphatic heterocycles. The van der Waals surface area contributed by atoms with Crippen LogP contribution in [0.15, 0.2) is 0 Å². The van der Waals surface area contributed by atoms with Crippen LogP contribution in [-0.2, 0) is 10.2 Å². The predicted molar refractivity (Wildman–Crippen MR) is 82.9 cm³/mol. The molecule has 7 heteroatoms. The third-order valence-electron chi connectivity index (χ3n) is 4.04. The topological polar surface area (TPSA) is 55.9 Å². The zero-order valence-electron chi connectivity index (χ0n) is 13.3. The van der Waals surface area contributed by atoms with Gasteiger partial charge >= 0.3 is 0 Å². The molecule has 0 unspecified atom stereocenters. The molecule has 1 N–H and O–H groups in total. The first-order valence-corrected chi connectivity index (χ1v) is 8.78. The van der Waals surface area contributed by atoms with Crippen molar-refractivity contribution in [2.45, 2.75) is 19.3 Å². The molecule has 1 rings (SSSR count). The quantitative estimate of drug-likeness (QED) is 0.644. The maximum atomic E-state index is 12.4. The summed E-state index contributed by atoms with van der Waals surface area (Å²) in [6.07, 6.45) is 2.99. The number of hydrogen-bond acceptors (Lipinski definition) is 4. The lowest BCUT2D eigenvalue weighted by Crippen LogP contribution is -2.44. The Morgan fingerprint density at radius 1 is 1.20 bits per heavy atom. The summed E-state index contributed by atoms with van der Waals surface area (Å²) in [5, 5.41) is 3.03. The number of likely N-dealkylation sites (tertiary alicyclic amines) is 1. The number of hydrogen-bond donors (Lipinski definition) is 1. The van der Waals surface area contributed by atoms with E-state index >= 15 is 0 Å². The molecule has 0 aromatic rings. The Morgan fingerprint density at radius 3 is 2.35 bits per heavy atom. The summed E-state index contributed by atoms with van der Waals surface area (Å²) in [7, 11) is 4.05. The molecule has 0 aromatic heterocycles. The van der Waals surface area contributed by atoms with Crippen LogP contribution in [0.25, 0.3) is 0 Å². The molecule has 1 heterocycles. The van der Waals surface area contributed by atoms with Crippen molar-refractivity contribution in [1.29, 1.82) is 0 Å². The molecule has 0 radical (unpaired) electrons. The average molecular weight is 306 g/mol. The number of nitrogens with zero attached hydrogens (tertiary/aromatic N) is 3. The van der Waals surface area contributed by atoms with Gasteiger partial charge in [-0.1, -0.05) is 0 Å². The molecule has 6 nitrogen and oxygen atoms in total. The molecule has 120 valence electrons. The zero-order chi connectivity index (χ0) is 15.2. The van der Waals surface area contributed by atoms with Crippen molar-refractivity contribution in [2.75, 3.05) is 60.9 Å². The summed E-state index contributed by atoms with van der Waals surface area (Å²) in [5.41, 5.74) is 0. The van der Waals surface area contributed by atoms with Crippen LogP contribution in [0.4, 0.5) is 0 Å². The van der Waals surface area contributed by atoms with Gasteiger partial charge in [-0.25, -0.2) is 0 Å². The maximum Gasteiger partial charge on any atom is 0.281 e. The van der Waals surface area contributed by atoms with Crippen molar-refractivity contribution < 1.29 is 8.42 Å². The molecule has 1 fully saturated rings. The summed E-state index contributed by atoms with van der Waals surface area (Å²) < 4.78 is 27.7. The first kappa shape index (κ1) is 17.8. The molecule has 0 bridgehead atoms. The lowest BCUT2D eigenvalue weighted by atomic mass is 9.97. The fourth-order valence-corrected chi connectivity index (χ4v) is 3.77. The van der Waals surface area contributed by atoms with Crippen LogP contribution in [0.2, 0.25) is 0 Å². The van der Waals surface area contributed by atoms with Crippen molar-refractivity contribution in [3.63, 3.8) is 0 Å².